The van der Waals surface area contributed by atoms with Gasteiger partial charge in [-0.3, -0.25) is 27.7 Å². The van der Waals surface area contributed by atoms with Gasteiger partial charge in [-0.1, -0.05) is 0 Å². The predicted octanol–water partition coefficient (Wildman–Crippen LogP) is 6.22. The molecule has 0 radical (unpaired) electrons. The van der Waals surface area contributed by atoms with Crippen LogP contribution in [0.5, 0.6) is 0 Å². The number of rotatable bonds is 8. The van der Waals surface area contributed by atoms with Crippen LogP contribution in [-0.4, -0.2) is 95.6 Å². The normalized spacial score (nSPS) is 30.7. The smallest absolute Gasteiger partial charge is 0.392 e. The lowest BCUT2D eigenvalue weighted by Gasteiger charge is -2.31. The third-order valence-electron chi connectivity index (χ3n) is 9.80. The molecule has 2 aliphatic heterocycles. The highest BCUT2D eigenvalue weighted by atomic mass is 32.7. The Kier molecular flexibility index (Phi) is 12.4. The molecule has 6 heterocycles. The van der Waals surface area contributed by atoms with Crippen LogP contribution in [0.4, 0.5) is 15.9 Å². The second-order valence-electron chi connectivity index (χ2n) is 16.2. The average molecular weight is 902 g/mol. The Hall–Kier alpha value is -3.40. The van der Waals surface area contributed by atoms with Crippen LogP contribution in [0.15, 0.2) is 31.2 Å². The number of carbonyl (C=O) groups is 2. The molecule has 7 rings (SSSR count). The number of aromatic nitrogens is 7. The summed E-state index contributed by atoms with van der Waals surface area (Å²) in [4.78, 5) is 46.6. The van der Waals surface area contributed by atoms with Crippen LogP contribution in [0, 0.1) is 16.7 Å². The summed E-state index contributed by atoms with van der Waals surface area (Å²) in [5.41, 5.74) is 12.1. The van der Waals surface area contributed by atoms with Crippen molar-refractivity contribution in [3.8, 4) is 0 Å². The Labute approximate surface area is 346 Å². The molecule has 59 heavy (non-hydrogen) atoms. The zero-order valence-electron chi connectivity index (χ0n) is 33.0. The van der Waals surface area contributed by atoms with Gasteiger partial charge in [-0.25, -0.2) is 38.4 Å². The minimum absolute atomic E-state index is 0.00434. The van der Waals surface area contributed by atoms with Crippen LogP contribution in [0.2, 0.25) is 0 Å². The van der Waals surface area contributed by atoms with E-state index in [4.69, 9.17) is 43.8 Å². The van der Waals surface area contributed by atoms with Crippen molar-refractivity contribution in [3.63, 3.8) is 0 Å². The molecule has 25 heteroatoms. The van der Waals surface area contributed by atoms with E-state index >= 15 is 4.39 Å². The Bertz CT molecular complexity index is 2310. The van der Waals surface area contributed by atoms with E-state index in [1.165, 1.54) is 29.7 Å². The van der Waals surface area contributed by atoms with Crippen LogP contribution in [0.25, 0.3) is 22.3 Å². The van der Waals surface area contributed by atoms with Gasteiger partial charge in [-0.05, 0) is 54.0 Å². The summed E-state index contributed by atoms with van der Waals surface area (Å²) in [6.07, 6.45) is -0.696. The molecule has 4 N–H and O–H groups in total. The van der Waals surface area contributed by atoms with E-state index in [-0.39, 0.29) is 29.8 Å². The maximum Gasteiger partial charge on any atom is 0.392 e. The number of nitrogen functional groups attached to an aromatic ring is 2. The summed E-state index contributed by atoms with van der Waals surface area (Å²) in [5, 5.41) is 0. The molecule has 0 bridgehead atoms. The summed E-state index contributed by atoms with van der Waals surface area (Å²) in [7, 11) is 0. The van der Waals surface area contributed by atoms with Crippen molar-refractivity contribution < 1.29 is 55.4 Å². The van der Waals surface area contributed by atoms with Crippen molar-refractivity contribution in [2.45, 2.75) is 91.1 Å². The van der Waals surface area contributed by atoms with E-state index in [0.717, 1.165) is 0 Å². The fourth-order valence-electron chi connectivity index (χ4n) is 6.62. The summed E-state index contributed by atoms with van der Waals surface area (Å²) in [6, 6.07) is 0.596. The lowest BCUT2D eigenvalue weighted by molar-refractivity contribution is -0.151. The number of hydrogen-bond acceptors (Lipinski definition) is 20. The first-order valence-electron chi connectivity index (χ1n) is 18.5. The highest BCUT2D eigenvalue weighted by Crippen LogP contribution is 2.67. The molecule has 4 aromatic rings. The van der Waals surface area contributed by atoms with Gasteiger partial charge < -0.3 is 34.8 Å². The Morgan fingerprint density at radius 2 is 1.44 bits per heavy atom. The number of ether oxygens (including phenoxy) is 3. The third kappa shape index (κ3) is 9.43. The van der Waals surface area contributed by atoms with Gasteiger partial charge in [0.1, 0.15) is 60.0 Å². The second kappa shape index (κ2) is 16.8. The molecule has 3 fully saturated rings. The van der Waals surface area contributed by atoms with E-state index in [1.807, 2.05) is 0 Å². The number of anilines is 2. The van der Waals surface area contributed by atoms with Crippen LogP contribution in [0.3, 0.4) is 0 Å². The van der Waals surface area contributed by atoms with Gasteiger partial charge in [0.2, 0.25) is 0 Å². The van der Waals surface area contributed by atoms with E-state index in [9.17, 15) is 18.7 Å². The van der Waals surface area contributed by atoms with E-state index in [0.29, 0.717) is 39.6 Å². The van der Waals surface area contributed by atoms with Crippen molar-refractivity contribution in [1.29, 1.82) is 0 Å². The highest BCUT2D eigenvalue weighted by molar-refractivity contribution is 8.55. The quantitative estimate of drug-likeness (QED) is 0.113. The van der Waals surface area contributed by atoms with Crippen LogP contribution >= 0.6 is 36.4 Å². The molecule has 0 amide bonds. The molecule has 3 unspecified atom stereocenters. The van der Waals surface area contributed by atoms with Gasteiger partial charge in [0.05, 0.1) is 48.4 Å². The Morgan fingerprint density at radius 1 is 0.831 bits per heavy atom. The van der Waals surface area contributed by atoms with E-state index in [2.05, 4.69) is 24.9 Å². The van der Waals surface area contributed by atoms with Gasteiger partial charge in [-0.15, -0.1) is 0 Å². The van der Waals surface area contributed by atoms with Crippen molar-refractivity contribution in [3.05, 3.63) is 31.2 Å². The molecule has 20 nitrogen and oxygen atoms in total. The minimum atomic E-state index is -4.43. The molecule has 0 aromatic carbocycles. The van der Waals surface area contributed by atoms with Crippen molar-refractivity contribution in [1.82, 2.24) is 34.1 Å². The van der Waals surface area contributed by atoms with Crippen LogP contribution < -0.4 is 11.5 Å². The fourth-order valence-corrected chi connectivity index (χ4v) is 12.3. The molecule has 3 aliphatic rings. The first kappa shape index (κ1) is 43.7. The lowest BCUT2D eigenvalue weighted by Crippen LogP contribution is -2.33. The van der Waals surface area contributed by atoms with Crippen LogP contribution in [-0.2, 0) is 51.0 Å². The topological polar surface area (TPSA) is 259 Å². The van der Waals surface area contributed by atoms with Gasteiger partial charge in [0, 0.05) is 41.3 Å². The number of esters is 2. The Balaban J connectivity index is 1.22. The molecular weight excluding hydrogens is 856 g/mol. The first-order valence-corrected chi connectivity index (χ1v) is 24.8. The number of halogens is 1. The number of imidazole rings is 2. The molecule has 2 saturated heterocycles. The van der Waals surface area contributed by atoms with Crippen molar-refractivity contribution in [2.75, 3.05) is 36.6 Å². The number of hydrogen-bond donors (Lipinski definition) is 2. The van der Waals surface area contributed by atoms with Gasteiger partial charge in [0.25, 0.3) is 0 Å². The summed E-state index contributed by atoms with van der Waals surface area (Å²) in [5.74, 6) is -2.81. The maximum absolute atomic E-state index is 17.0. The zero-order chi connectivity index (χ0) is 42.5. The summed E-state index contributed by atoms with van der Waals surface area (Å²) < 4.78 is 91.5. The molecule has 322 valence electrons. The van der Waals surface area contributed by atoms with E-state index < -0.39 is 104 Å². The number of nitrogens with zero attached hydrogens (tertiary/aromatic N) is 7. The van der Waals surface area contributed by atoms with Gasteiger partial charge in [0.15, 0.2) is 17.1 Å². The predicted molar refractivity (Wildman–Crippen MR) is 215 cm³/mol. The number of nitrogens with two attached hydrogens (primary N) is 2. The highest BCUT2D eigenvalue weighted by Gasteiger charge is 2.52. The largest absolute Gasteiger partial charge is 0.454 e. The van der Waals surface area contributed by atoms with E-state index in [1.54, 1.807) is 52.2 Å². The third-order valence-corrected chi connectivity index (χ3v) is 16.5. The second-order valence-corrected chi connectivity index (χ2v) is 24.2. The van der Waals surface area contributed by atoms with Crippen LogP contribution in [0.1, 0.15) is 66.7 Å². The number of carbonyl (C=O) groups excluding carboxylic acids is 2. The average Bonchev–Trinajstić information content (AvgIpc) is 3.95. The molecule has 9 atom stereocenters. The number of fused-ring (bicyclic) bond motifs is 4. The molecule has 0 spiro atoms. The number of pyridine rings is 1. The first-order chi connectivity index (χ1) is 27.8. The maximum atomic E-state index is 17.0. The Morgan fingerprint density at radius 3 is 2.12 bits per heavy atom. The molecular formula is C34H46FN9O11P2S2. The van der Waals surface area contributed by atoms with Gasteiger partial charge >= 0.3 is 25.5 Å². The lowest BCUT2D eigenvalue weighted by atomic mass is 9.98. The van der Waals surface area contributed by atoms with Gasteiger partial charge in [-0.2, -0.15) is 0 Å². The fraction of sp³-hybridized carbons (Fsp3) is 0.618. The zero-order valence-corrected chi connectivity index (χ0v) is 36.5. The van der Waals surface area contributed by atoms with Crippen molar-refractivity contribution in [2.24, 2.45) is 16.7 Å². The van der Waals surface area contributed by atoms with Crippen molar-refractivity contribution >= 4 is 82.1 Å². The summed E-state index contributed by atoms with van der Waals surface area (Å²) >= 11 is 1.20. The summed E-state index contributed by atoms with van der Waals surface area (Å²) in [6.45, 7) is 0.363. The standard InChI is InChI=1S/C34H46FN9O11P2S2/c1-33(2,3)31(45)49-16-58-56(47)51-11-18-9-20(43-14-42-26-28(37)39-13-40-30(26)43)24(35)27(18)55-57(48,59-17-50-32(46)34(4,5)6)52-12-22-21(54-56)10-23(53-22)44-15-41-25-19(36)7-8-38-29(25)44/h7-8,13-15,18,20-24,27H,9-12,16-17H2,1-6H3,(H2,36,38)(H2,37,39,40)/t18-,20-,21-,22-,23-,24?,27+,56?,57?/m1/s1. The number of alkyl halides is 1. The molecule has 4 aromatic heterocycles. The molecule has 1 saturated carbocycles. The SMILES string of the molecule is CC(C)(C)C(=O)OCSP1(=O)OC[C@H]2O[C@@H](n3cnc4c(N)ccnc43)C[C@H]2OP(=O)(SCOC(=O)C(C)(C)C)OC[C@H]2C[C@@H](n3cnc4c(N)ncnc43)C(F)[C@H]2O1. The molecule has 1 aliphatic carbocycles. The minimum Gasteiger partial charge on any atom is -0.454 e. The monoisotopic (exact) mass is 901 g/mol.